The second-order valence-corrected chi connectivity index (χ2v) is 8.64. The van der Waals surface area contributed by atoms with Gasteiger partial charge in [0.05, 0.1) is 17.6 Å². The second-order valence-electron chi connectivity index (χ2n) is 6.72. The monoisotopic (exact) mass is 724 g/mol. The maximum absolute atomic E-state index is 10.7. The minimum absolute atomic E-state index is 0. The van der Waals surface area contributed by atoms with E-state index in [1.807, 2.05) is 30.3 Å². The maximum atomic E-state index is 9.87. The zero-order valence-electron chi connectivity index (χ0n) is 18.3. The molecular formula is C24H20ClF6N2OOsP+2. The molecule has 3 aromatic carbocycles. The van der Waals surface area contributed by atoms with Crippen molar-refractivity contribution in [1.29, 1.82) is 0 Å². The molecule has 1 aromatic heterocycles. The summed E-state index contributed by atoms with van der Waals surface area (Å²) < 4.78 is 59.2. The van der Waals surface area contributed by atoms with Gasteiger partial charge in [0.2, 0.25) is 0 Å². The molecule has 0 aliphatic rings. The van der Waals surface area contributed by atoms with Gasteiger partial charge >= 0.3 is 52.8 Å². The van der Waals surface area contributed by atoms with Crippen LogP contribution in [0.1, 0.15) is 5.69 Å². The van der Waals surface area contributed by atoms with Crippen LogP contribution in [0.15, 0.2) is 114 Å². The summed E-state index contributed by atoms with van der Waals surface area (Å²) in [5, 5.41) is 9.08. The van der Waals surface area contributed by atoms with Crippen LogP contribution in [0.2, 0.25) is 0 Å². The first-order chi connectivity index (χ1) is 15.8. The van der Waals surface area contributed by atoms with E-state index in [-0.39, 0.29) is 37.9 Å². The van der Waals surface area contributed by atoms with E-state index in [4.69, 9.17) is 5.11 Å². The number of aromatic hydroxyl groups is 1. The van der Waals surface area contributed by atoms with Crippen LogP contribution in [0.4, 0.5) is 30.9 Å². The van der Waals surface area contributed by atoms with Crippen LogP contribution in [0.3, 0.4) is 0 Å². The molecule has 0 unspecified atom stereocenters. The van der Waals surface area contributed by atoms with Crippen molar-refractivity contribution >= 4 is 19.7 Å². The summed E-state index contributed by atoms with van der Waals surface area (Å²) >= 11 is 0. The Labute approximate surface area is 223 Å². The summed E-state index contributed by atoms with van der Waals surface area (Å²) in [5.74, 6) is 0.242. The first kappa shape index (κ1) is 33.2. The summed E-state index contributed by atoms with van der Waals surface area (Å²) in [6.07, 6.45) is 3.41. The number of aromatic nitrogens is 1. The quantitative estimate of drug-likeness (QED) is 0.154. The molecule has 36 heavy (non-hydrogen) atoms. The van der Waals surface area contributed by atoms with E-state index in [2.05, 4.69) is 58.5 Å². The van der Waals surface area contributed by atoms with Crippen LogP contribution < -0.4 is 12.4 Å². The second kappa shape index (κ2) is 13.5. The smallest absolute Gasteiger partial charge is 1.00 e. The normalized spacial score (nSPS) is 12.2. The Hall–Kier alpha value is -2.78. The van der Waals surface area contributed by atoms with E-state index in [0.717, 1.165) is 11.4 Å². The molecule has 0 spiro atoms. The van der Waals surface area contributed by atoms with Crippen molar-refractivity contribution in [3.63, 3.8) is 0 Å². The molecular weight excluding hydrogens is 703 g/mol. The van der Waals surface area contributed by atoms with Crippen LogP contribution in [0.5, 0.6) is 5.75 Å². The summed E-state index contributed by atoms with van der Waals surface area (Å²) in [6.45, 7) is 0. The Balaban J connectivity index is 0.000000529. The van der Waals surface area contributed by atoms with Crippen molar-refractivity contribution in [1.82, 2.24) is 4.98 Å². The third-order valence-corrected chi connectivity index (χ3v) is 3.76. The van der Waals surface area contributed by atoms with Crippen molar-refractivity contribution in [2.75, 3.05) is 0 Å². The summed E-state index contributed by atoms with van der Waals surface area (Å²) in [5.41, 5.74) is 4.15. The molecule has 0 atom stereocenters. The third kappa shape index (κ3) is 17.6. The van der Waals surface area contributed by atoms with Crippen LogP contribution in [-0.4, -0.2) is 16.3 Å². The molecule has 192 valence electrons. The van der Waals surface area contributed by atoms with Gasteiger partial charge in [-0.3, -0.25) is 9.98 Å². The van der Waals surface area contributed by atoms with Gasteiger partial charge < -0.3 is 17.5 Å². The van der Waals surface area contributed by atoms with Crippen LogP contribution in [0.25, 0.3) is 11.1 Å². The van der Waals surface area contributed by atoms with Crippen LogP contribution >= 0.6 is 7.81 Å². The van der Waals surface area contributed by atoms with Gasteiger partial charge in [-0.1, -0.05) is 66.7 Å². The number of hydrogen-bond acceptors (Lipinski definition) is 3. The molecule has 0 amide bonds. The zero-order valence-corrected chi connectivity index (χ0v) is 22.4. The number of rotatable bonds is 3. The molecule has 3 nitrogen and oxygen atoms in total. The Bertz CT molecular complexity index is 1140. The molecule has 0 radical (unpaired) electrons. The Morgan fingerprint density at radius 3 is 1.44 bits per heavy atom. The summed E-state index contributed by atoms with van der Waals surface area (Å²) in [7, 11) is -10.7. The average molecular weight is 723 g/mol. The van der Waals surface area contributed by atoms with Crippen molar-refractivity contribution in [2.45, 2.75) is 0 Å². The van der Waals surface area contributed by atoms with Crippen LogP contribution in [-0.2, 0) is 19.8 Å². The van der Waals surface area contributed by atoms with E-state index < -0.39 is 7.81 Å². The molecule has 4 rings (SSSR count). The number of halogens is 7. The summed E-state index contributed by atoms with van der Waals surface area (Å²) in [4.78, 5) is 8.33. The summed E-state index contributed by atoms with van der Waals surface area (Å²) in [6, 6.07) is 33.1. The van der Waals surface area contributed by atoms with Gasteiger partial charge in [-0.2, -0.15) is 0 Å². The molecule has 4 aromatic rings. The van der Waals surface area contributed by atoms with Gasteiger partial charge in [0.25, 0.3) is 0 Å². The molecule has 1 heterocycles. The number of phenolic OH excluding ortho intramolecular Hbond substituents is 1. The average Bonchev–Trinajstić information content (AvgIpc) is 2.79. The van der Waals surface area contributed by atoms with Crippen molar-refractivity contribution in [3.05, 3.63) is 115 Å². The SMILES string of the molecule is F[P-](F)(F)(F)(F)F.Oc1ccc(N=Cc2ccccn2)cc1.[Cl-].[Os+4].c1ccc(-c2ccccc2)cc1. The number of benzene rings is 3. The molecule has 1 N–H and O–H groups in total. The Kier molecular flexibility index (Phi) is 12.5. The topological polar surface area (TPSA) is 45.5 Å². The number of phenols is 1. The fourth-order valence-electron chi connectivity index (χ4n) is 2.39. The van der Waals surface area contributed by atoms with Gasteiger partial charge in [0, 0.05) is 6.20 Å². The molecule has 0 aliphatic carbocycles. The van der Waals surface area contributed by atoms with E-state index in [0.29, 0.717) is 0 Å². The number of hydrogen-bond donors (Lipinski definition) is 1. The van der Waals surface area contributed by atoms with E-state index in [9.17, 15) is 25.2 Å². The zero-order chi connectivity index (χ0) is 25.1. The molecule has 0 bridgehead atoms. The number of nitrogens with zero attached hydrogens (tertiary/aromatic N) is 2. The molecule has 0 fully saturated rings. The van der Waals surface area contributed by atoms with Crippen molar-refractivity contribution in [3.8, 4) is 16.9 Å². The van der Waals surface area contributed by atoms with Crippen molar-refractivity contribution < 1.29 is 62.5 Å². The minimum Gasteiger partial charge on any atom is -1.00 e. The van der Waals surface area contributed by atoms with Gasteiger partial charge in [-0.15, -0.1) is 0 Å². The molecule has 0 saturated heterocycles. The molecule has 0 saturated carbocycles. The van der Waals surface area contributed by atoms with Gasteiger partial charge in [0.1, 0.15) is 5.75 Å². The first-order valence-electron chi connectivity index (χ1n) is 9.67. The standard InChI is InChI=1S/C12H10N2O.C12H10.ClH.F6P.Os/c15-12-6-4-10(5-7-12)14-9-11-3-1-2-8-13-11;1-3-7-11(8-4-1)12-9-5-2-6-10-12;;1-7(2,3,4,5)6;/h1-9,15H;1-10H;1H;;/q;;;-1;+4/p-1. The van der Waals surface area contributed by atoms with E-state index >= 15 is 0 Å². The van der Waals surface area contributed by atoms with Gasteiger partial charge in [-0.25, -0.2) is 0 Å². The Morgan fingerprint density at radius 2 is 1.06 bits per heavy atom. The van der Waals surface area contributed by atoms with Gasteiger partial charge in [-0.05, 0) is 47.5 Å². The predicted octanol–water partition coefficient (Wildman–Crippen LogP) is 6.28. The van der Waals surface area contributed by atoms with Gasteiger partial charge in [0.15, 0.2) is 0 Å². The molecule has 12 heteroatoms. The van der Waals surface area contributed by atoms with E-state index in [1.165, 1.54) is 11.1 Å². The fourth-order valence-corrected chi connectivity index (χ4v) is 2.39. The number of aliphatic imine (C=N–C) groups is 1. The van der Waals surface area contributed by atoms with E-state index in [1.54, 1.807) is 36.7 Å². The first-order valence-corrected chi connectivity index (χ1v) is 11.7. The minimum atomic E-state index is -10.7. The predicted molar refractivity (Wildman–Crippen MR) is 125 cm³/mol. The number of pyridine rings is 1. The molecule has 0 aliphatic heterocycles. The van der Waals surface area contributed by atoms with Crippen LogP contribution in [0, 0.1) is 0 Å². The largest absolute Gasteiger partial charge is 4.00 e. The Morgan fingerprint density at radius 1 is 0.639 bits per heavy atom. The third-order valence-electron chi connectivity index (χ3n) is 3.76. The van der Waals surface area contributed by atoms with Crippen molar-refractivity contribution in [2.24, 2.45) is 4.99 Å². The fraction of sp³-hybridized carbons (Fsp3) is 0. The maximum Gasteiger partial charge on any atom is 4.00 e.